The molecule has 82 valence electrons. The van der Waals surface area contributed by atoms with Crippen LogP contribution in [0.4, 0.5) is 0 Å². The third kappa shape index (κ3) is 4.46. The van der Waals surface area contributed by atoms with Gasteiger partial charge in [0.25, 0.3) is 0 Å². The molecule has 4 N–H and O–H groups in total. The minimum atomic E-state index is 0.448. The Balaban J connectivity index is 2.24. The minimum absolute atomic E-state index is 0.448. The van der Waals surface area contributed by atoms with E-state index in [0.29, 0.717) is 12.1 Å². The summed E-state index contributed by atoms with van der Waals surface area (Å²) in [6.45, 7) is 4.36. The molecule has 0 heterocycles. The van der Waals surface area contributed by atoms with E-state index in [-0.39, 0.29) is 0 Å². The number of nitrogens with zero attached hydrogens (tertiary/aromatic N) is 1. The van der Waals surface area contributed by atoms with Crippen LogP contribution < -0.4 is 16.6 Å². The van der Waals surface area contributed by atoms with Gasteiger partial charge in [0.15, 0.2) is 0 Å². The molecule has 0 radical (unpaired) electrons. The van der Waals surface area contributed by atoms with Gasteiger partial charge in [-0.2, -0.15) is 0 Å². The molecule has 1 rings (SSSR count). The molecule has 1 fully saturated rings. The summed E-state index contributed by atoms with van der Waals surface area (Å²) in [5.41, 5.74) is 2.62. The Hall–Kier alpha value is -0.770. The Morgan fingerprint density at radius 3 is 2.79 bits per heavy atom. The number of rotatable bonds is 5. The Labute approximate surface area is 86.3 Å². The van der Waals surface area contributed by atoms with Crippen molar-refractivity contribution in [3.63, 3.8) is 0 Å². The number of hydrogen-bond donors (Lipinski definition) is 3. The standard InChI is InChI=1S/C10H22N4/c1-3-4-5-8(2)12-10(14-11)13-9-6-7-9/h8-9H,3-7,11H2,1-2H3,(H2,12,13,14). The lowest BCUT2D eigenvalue weighted by Crippen LogP contribution is -2.45. The highest BCUT2D eigenvalue weighted by atomic mass is 15.3. The summed E-state index contributed by atoms with van der Waals surface area (Å²) in [5.74, 6) is 6.13. The maximum atomic E-state index is 5.38. The number of hydrazine groups is 1. The van der Waals surface area contributed by atoms with Crippen LogP contribution in [0.5, 0.6) is 0 Å². The molecule has 14 heavy (non-hydrogen) atoms. The first kappa shape index (κ1) is 11.3. The van der Waals surface area contributed by atoms with Gasteiger partial charge < -0.3 is 5.32 Å². The van der Waals surface area contributed by atoms with Crippen LogP contribution in [0.3, 0.4) is 0 Å². The van der Waals surface area contributed by atoms with Crippen molar-refractivity contribution in [1.29, 1.82) is 0 Å². The number of guanidine groups is 1. The highest BCUT2D eigenvalue weighted by Crippen LogP contribution is 2.23. The van der Waals surface area contributed by atoms with Gasteiger partial charge in [-0.05, 0) is 26.2 Å². The molecule has 4 heteroatoms. The highest BCUT2D eigenvalue weighted by molar-refractivity contribution is 5.79. The summed E-state index contributed by atoms with van der Waals surface area (Å²) in [7, 11) is 0. The van der Waals surface area contributed by atoms with Gasteiger partial charge in [-0.15, -0.1) is 0 Å². The van der Waals surface area contributed by atoms with Crippen molar-refractivity contribution in [3.8, 4) is 0 Å². The van der Waals surface area contributed by atoms with E-state index in [4.69, 9.17) is 5.84 Å². The van der Waals surface area contributed by atoms with Crippen molar-refractivity contribution in [1.82, 2.24) is 10.7 Å². The Bertz CT molecular complexity index is 187. The second-order valence-electron chi connectivity index (χ2n) is 4.04. The van der Waals surface area contributed by atoms with Crippen LogP contribution >= 0.6 is 0 Å². The number of unbranched alkanes of at least 4 members (excludes halogenated alkanes) is 1. The molecular weight excluding hydrogens is 176 g/mol. The Morgan fingerprint density at radius 1 is 1.57 bits per heavy atom. The monoisotopic (exact) mass is 198 g/mol. The minimum Gasteiger partial charge on any atom is -0.353 e. The molecule has 0 amide bonds. The quantitative estimate of drug-likeness (QED) is 0.269. The first-order chi connectivity index (χ1) is 6.76. The fraction of sp³-hybridized carbons (Fsp3) is 0.900. The van der Waals surface area contributed by atoms with Gasteiger partial charge in [-0.1, -0.05) is 19.8 Å². The highest BCUT2D eigenvalue weighted by Gasteiger charge is 2.21. The fourth-order valence-electron chi connectivity index (χ4n) is 1.32. The summed E-state index contributed by atoms with van der Waals surface area (Å²) >= 11 is 0. The van der Waals surface area contributed by atoms with E-state index in [1.165, 1.54) is 32.1 Å². The number of nitrogens with one attached hydrogen (secondary N) is 2. The van der Waals surface area contributed by atoms with Crippen molar-refractivity contribution in [2.24, 2.45) is 10.8 Å². The van der Waals surface area contributed by atoms with Crippen LogP contribution in [0.2, 0.25) is 0 Å². The molecule has 4 nitrogen and oxygen atoms in total. The van der Waals surface area contributed by atoms with E-state index in [2.05, 4.69) is 29.6 Å². The number of nitrogens with two attached hydrogens (primary N) is 1. The zero-order valence-electron chi connectivity index (χ0n) is 9.21. The summed E-state index contributed by atoms with van der Waals surface area (Å²) in [4.78, 5) is 4.42. The largest absolute Gasteiger partial charge is 0.353 e. The van der Waals surface area contributed by atoms with Crippen molar-refractivity contribution >= 4 is 5.96 Å². The molecule has 0 aromatic heterocycles. The molecule has 0 aliphatic heterocycles. The predicted molar refractivity (Wildman–Crippen MR) is 59.9 cm³/mol. The lowest BCUT2D eigenvalue weighted by Gasteiger charge is -2.15. The molecule has 1 aliphatic carbocycles. The zero-order valence-corrected chi connectivity index (χ0v) is 9.21. The van der Waals surface area contributed by atoms with E-state index >= 15 is 0 Å². The molecule has 0 aromatic carbocycles. The van der Waals surface area contributed by atoms with Gasteiger partial charge in [0.1, 0.15) is 0 Å². The van der Waals surface area contributed by atoms with Gasteiger partial charge in [-0.25, -0.2) is 10.8 Å². The van der Waals surface area contributed by atoms with Gasteiger partial charge in [0.05, 0.1) is 6.04 Å². The molecule has 1 unspecified atom stereocenters. The lowest BCUT2D eigenvalue weighted by molar-refractivity contribution is 0.561. The molecule has 0 saturated heterocycles. The number of aliphatic imine (C=N–C) groups is 1. The van der Waals surface area contributed by atoms with Crippen molar-refractivity contribution in [3.05, 3.63) is 0 Å². The van der Waals surface area contributed by atoms with Crippen LogP contribution in [0.15, 0.2) is 4.99 Å². The maximum absolute atomic E-state index is 5.38. The SMILES string of the molecule is CCCCC(C)NC(=NC1CC1)NN. The van der Waals surface area contributed by atoms with Crippen molar-refractivity contribution < 1.29 is 0 Å². The third-order valence-electron chi connectivity index (χ3n) is 2.37. The average molecular weight is 198 g/mol. The first-order valence-corrected chi connectivity index (χ1v) is 5.57. The lowest BCUT2D eigenvalue weighted by atomic mass is 10.1. The first-order valence-electron chi connectivity index (χ1n) is 5.57. The van der Waals surface area contributed by atoms with E-state index in [9.17, 15) is 0 Å². The molecule has 0 aromatic rings. The Kier molecular flexibility index (Phi) is 4.73. The van der Waals surface area contributed by atoms with E-state index < -0.39 is 0 Å². The summed E-state index contributed by atoms with van der Waals surface area (Å²) in [6.07, 6.45) is 6.06. The van der Waals surface area contributed by atoms with Crippen molar-refractivity contribution in [2.45, 2.75) is 58.0 Å². The summed E-state index contributed by atoms with van der Waals surface area (Å²) < 4.78 is 0. The molecule has 1 atom stereocenters. The van der Waals surface area contributed by atoms with Crippen molar-refractivity contribution in [2.75, 3.05) is 0 Å². The fourth-order valence-corrected chi connectivity index (χ4v) is 1.32. The third-order valence-corrected chi connectivity index (χ3v) is 2.37. The van der Waals surface area contributed by atoms with E-state index in [0.717, 1.165) is 5.96 Å². The van der Waals surface area contributed by atoms with Crippen LogP contribution in [0.25, 0.3) is 0 Å². The molecule has 1 saturated carbocycles. The van der Waals surface area contributed by atoms with Crippen LogP contribution in [-0.2, 0) is 0 Å². The summed E-state index contributed by atoms with van der Waals surface area (Å²) in [5, 5.41) is 3.29. The normalized spacial score (nSPS) is 19.2. The van der Waals surface area contributed by atoms with Gasteiger partial charge in [-0.3, -0.25) is 5.43 Å². The zero-order chi connectivity index (χ0) is 10.4. The topological polar surface area (TPSA) is 62.4 Å². The van der Waals surface area contributed by atoms with Gasteiger partial charge >= 0.3 is 0 Å². The van der Waals surface area contributed by atoms with Gasteiger partial charge in [0, 0.05) is 6.04 Å². The van der Waals surface area contributed by atoms with Crippen LogP contribution in [0.1, 0.15) is 46.0 Å². The predicted octanol–water partition coefficient (Wildman–Crippen LogP) is 1.14. The molecule has 0 spiro atoms. The van der Waals surface area contributed by atoms with Crippen LogP contribution in [0, 0.1) is 0 Å². The smallest absolute Gasteiger partial charge is 0.206 e. The van der Waals surface area contributed by atoms with Crippen LogP contribution in [-0.4, -0.2) is 18.0 Å². The molecule has 0 bridgehead atoms. The van der Waals surface area contributed by atoms with E-state index in [1.807, 2.05) is 0 Å². The van der Waals surface area contributed by atoms with E-state index in [1.54, 1.807) is 0 Å². The maximum Gasteiger partial charge on any atom is 0.206 e. The second-order valence-corrected chi connectivity index (χ2v) is 4.04. The summed E-state index contributed by atoms with van der Waals surface area (Å²) in [6, 6.07) is 0.954. The molecule has 1 aliphatic rings. The second kappa shape index (κ2) is 5.86. The Morgan fingerprint density at radius 2 is 2.29 bits per heavy atom. The number of hydrogen-bond acceptors (Lipinski definition) is 2. The average Bonchev–Trinajstić information content (AvgIpc) is 2.97. The van der Waals surface area contributed by atoms with Gasteiger partial charge in [0.2, 0.25) is 5.96 Å². The molecular formula is C10H22N4.